The van der Waals surface area contributed by atoms with Gasteiger partial charge in [0.15, 0.2) is 0 Å². The van der Waals surface area contributed by atoms with Crippen LogP contribution in [0.4, 0.5) is 0 Å². The number of hydrogen-bond acceptors (Lipinski definition) is 0. The fourth-order valence-electron chi connectivity index (χ4n) is 2.18. The maximum atomic E-state index is 3.49. The maximum Gasteiger partial charge on any atom is 1.00 e. The molecule has 23 heavy (non-hydrogen) atoms. The monoisotopic (exact) mass is 502 g/mol. The second kappa shape index (κ2) is 11.4. The van der Waals surface area contributed by atoms with Crippen LogP contribution < -0.4 is 15.9 Å². The first kappa shape index (κ1) is 19.9. The molecule has 122 valence electrons. The van der Waals surface area contributed by atoms with Crippen LogP contribution in [0.25, 0.3) is 0 Å². The maximum absolute atomic E-state index is 3.49. The molecule has 0 saturated heterocycles. The van der Waals surface area contributed by atoms with Gasteiger partial charge in [-0.05, 0) is 23.8 Å². The minimum absolute atomic E-state index is 0. The third-order valence-electron chi connectivity index (χ3n) is 3.04. The van der Waals surface area contributed by atoms with Crippen molar-refractivity contribution in [2.24, 2.45) is 0 Å². The van der Waals surface area contributed by atoms with Crippen molar-refractivity contribution < 1.29 is 22.4 Å². The van der Waals surface area contributed by atoms with Crippen molar-refractivity contribution >= 4 is 23.8 Å². The molecule has 3 aromatic carbocycles. The van der Waals surface area contributed by atoms with Crippen molar-refractivity contribution in [3.63, 3.8) is 0 Å². The van der Waals surface area contributed by atoms with Crippen molar-refractivity contribution in [2.75, 3.05) is 0 Å². The van der Waals surface area contributed by atoms with Gasteiger partial charge in [0.2, 0.25) is 0 Å². The van der Waals surface area contributed by atoms with Gasteiger partial charge in [0, 0.05) is 0 Å². The van der Waals surface area contributed by atoms with E-state index in [0.717, 1.165) is 6.42 Å². The summed E-state index contributed by atoms with van der Waals surface area (Å²) >= 11 is 0. The van der Waals surface area contributed by atoms with Gasteiger partial charge < -0.3 is 6.92 Å². The average Bonchev–Trinajstić information content (AvgIpc) is 2.59. The van der Waals surface area contributed by atoms with Gasteiger partial charge in [0.25, 0.3) is 0 Å². The molecule has 0 radical (unpaired) electrons. The molecule has 0 heterocycles. The van der Waals surface area contributed by atoms with Gasteiger partial charge in [-0.2, -0.15) is 6.42 Å². The predicted molar refractivity (Wildman–Crippen MR) is 101 cm³/mol. The molecule has 0 spiro atoms. The van der Waals surface area contributed by atoms with E-state index in [9.17, 15) is 0 Å². The first-order valence-corrected chi connectivity index (χ1v) is 8.95. The molecule has 3 aromatic rings. The van der Waals surface area contributed by atoms with Crippen molar-refractivity contribution in [1.82, 2.24) is 0 Å². The van der Waals surface area contributed by atoms with Crippen molar-refractivity contribution in [1.29, 1.82) is 0 Å². The minimum Gasteiger partial charge on any atom is -0.344 e. The van der Waals surface area contributed by atoms with Gasteiger partial charge in [0.1, 0.15) is 0 Å². The van der Waals surface area contributed by atoms with Crippen molar-refractivity contribution in [3.05, 3.63) is 97.9 Å². The van der Waals surface area contributed by atoms with E-state index in [1.807, 2.05) is 6.92 Å². The molecule has 0 unspecified atom stereocenters. The van der Waals surface area contributed by atoms with Crippen LogP contribution in [0.3, 0.4) is 0 Å². The zero-order valence-electron chi connectivity index (χ0n) is 13.3. The smallest absolute Gasteiger partial charge is 0.344 e. The van der Waals surface area contributed by atoms with E-state index in [1.54, 1.807) is 0 Å². The Morgan fingerprint density at radius 3 is 1.04 bits per heavy atom. The van der Waals surface area contributed by atoms with Crippen LogP contribution in [-0.4, -0.2) is 0 Å². The average molecular weight is 502 g/mol. The number of rotatable bonds is 3. The van der Waals surface area contributed by atoms with Gasteiger partial charge in [-0.15, -0.1) is 0 Å². The van der Waals surface area contributed by atoms with E-state index in [-0.39, 0.29) is 22.4 Å². The molecule has 0 amide bonds. The fraction of sp³-hybridized carbons (Fsp3) is 0.0952. The third-order valence-corrected chi connectivity index (χ3v) is 5.49. The number of hydrogen-bond donors (Lipinski definition) is 0. The Labute approximate surface area is 157 Å². The Hall–Kier alpha value is -1.17. The number of benzene rings is 3. The summed E-state index contributed by atoms with van der Waals surface area (Å²) in [6.07, 6.45) is 1.00. The van der Waals surface area contributed by atoms with Gasteiger partial charge in [-0.25, -0.2) is 0 Å². The second-order valence-corrected chi connectivity index (χ2v) is 7.06. The van der Waals surface area contributed by atoms with Crippen molar-refractivity contribution in [2.45, 2.75) is 13.3 Å². The first-order valence-electron chi connectivity index (χ1n) is 7.61. The molecule has 0 aliphatic heterocycles. The molecule has 0 aliphatic rings. The molecule has 0 fully saturated rings. The molecule has 0 nitrogen and oxygen atoms in total. The van der Waals surface area contributed by atoms with Crippen LogP contribution in [0.5, 0.6) is 0 Å². The molecule has 2 heteroatoms. The summed E-state index contributed by atoms with van der Waals surface area (Å²) in [5.74, 6) is 0. The zero-order valence-corrected chi connectivity index (χ0v) is 16.4. The Morgan fingerprint density at radius 1 is 0.609 bits per heavy atom. The summed E-state index contributed by atoms with van der Waals surface area (Å²) in [5.41, 5.74) is 0. The van der Waals surface area contributed by atoms with Gasteiger partial charge >= 0.3 is 22.4 Å². The molecular weight excluding hydrogens is 480 g/mol. The fourth-order valence-corrected chi connectivity index (χ4v) is 4.48. The second-order valence-electron chi connectivity index (χ2n) is 4.84. The largest absolute Gasteiger partial charge is 1.00 e. The van der Waals surface area contributed by atoms with E-state index >= 15 is 0 Å². The summed E-state index contributed by atoms with van der Waals surface area (Å²) in [4.78, 5) is 0. The Kier molecular flexibility index (Phi) is 9.83. The molecule has 3 rings (SSSR count). The molecule has 0 N–H and O–H groups in total. The van der Waals surface area contributed by atoms with Crippen LogP contribution in [-0.2, 0) is 22.4 Å². The standard InChI is InChI=1S/C18H15P.C3H7.Au/c1-4-10-16(11-5-1)19(17-12-6-2-7-13-17)18-14-8-3-9-15-18;1-3-2;/h1-15H;1,3H2,2H3;/q;-1;+1. The van der Waals surface area contributed by atoms with Crippen LogP contribution in [0.1, 0.15) is 13.3 Å². The Balaban J connectivity index is 0.000000615. The molecule has 0 aliphatic carbocycles. The molecule has 0 aromatic heterocycles. The Morgan fingerprint density at radius 2 is 0.826 bits per heavy atom. The van der Waals surface area contributed by atoms with E-state index in [0.29, 0.717) is 0 Å². The predicted octanol–water partition coefficient (Wildman–Crippen LogP) is 4.67. The third kappa shape index (κ3) is 6.09. The summed E-state index contributed by atoms with van der Waals surface area (Å²) in [6.45, 7) is 5.50. The summed E-state index contributed by atoms with van der Waals surface area (Å²) in [6, 6.07) is 32.3. The normalized spacial score (nSPS) is 9.52. The molecular formula is C21H22AuP. The molecule has 0 bridgehead atoms. The van der Waals surface area contributed by atoms with Crippen LogP contribution in [0.2, 0.25) is 0 Å². The first-order chi connectivity index (χ1) is 10.9. The summed E-state index contributed by atoms with van der Waals surface area (Å²) < 4.78 is 0. The molecule has 0 atom stereocenters. The van der Waals surface area contributed by atoms with E-state index in [2.05, 4.69) is 97.9 Å². The topological polar surface area (TPSA) is 0 Å². The Bertz CT molecular complexity index is 545. The van der Waals surface area contributed by atoms with Crippen molar-refractivity contribution in [3.8, 4) is 0 Å². The van der Waals surface area contributed by atoms with Crippen LogP contribution >= 0.6 is 7.92 Å². The quantitative estimate of drug-likeness (QED) is 0.278. The zero-order chi connectivity index (χ0) is 15.6. The van der Waals surface area contributed by atoms with E-state index in [1.165, 1.54) is 15.9 Å². The van der Waals surface area contributed by atoms with E-state index < -0.39 is 7.92 Å². The van der Waals surface area contributed by atoms with Gasteiger partial charge in [-0.1, -0.05) is 97.9 Å². The molecule has 0 saturated carbocycles. The van der Waals surface area contributed by atoms with Crippen LogP contribution in [0.15, 0.2) is 91.0 Å². The summed E-state index contributed by atoms with van der Waals surface area (Å²) in [7, 11) is -0.446. The summed E-state index contributed by atoms with van der Waals surface area (Å²) in [5, 5.41) is 4.19. The van der Waals surface area contributed by atoms with Crippen LogP contribution in [0, 0.1) is 6.92 Å². The van der Waals surface area contributed by atoms with Gasteiger partial charge in [0.05, 0.1) is 0 Å². The van der Waals surface area contributed by atoms with Gasteiger partial charge in [-0.3, -0.25) is 0 Å². The van der Waals surface area contributed by atoms with E-state index in [4.69, 9.17) is 0 Å². The minimum atomic E-state index is -0.446. The SMILES string of the molecule is [Au+].[CH2-]CC.c1ccc(P(c2ccccc2)c2ccccc2)cc1.